The Kier molecular flexibility index (Phi) is 4.85. The molecule has 0 aliphatic carbocycles. The number of aromatic nitrogens is 1. The molecule has 0 atom stereocenters. The molecule has 0 unspecified atom stereocenters. The molecule has 146 valence electrons. The molecule has 1 aliphatic rings. The third kappa shape index (κ3) is 3.62. The van der Waals surface area contributed by atoms with Crippen LogP contribution in [-0.4, -0.2) is 33.9 Å². The molecule has 2 heterocycles. The fraction of sp³-hybridized carbons (Fsp3) is 0.143. The number of nitrogens with zero attached hydrogens (tertiary/aromatic N) is 2. The smallest absolute Gasteiger partial charge is 0.383 e. The lowest BCUT2D eigenvalue weighted by molar-refractivity contribution is -0.0587. The first-order chi connectivity index (χ1) is 13.9. The second-order valence-electron chi connectivity index (χ2n) is 6.56. The molecule has 7 nitrogen and oxygen atoms in total. The summed E-state index contributed by atoms with van der Waals surface area (Å²) in [5.41, 5.74) is 1.23. The van der Waals surface area contributed by atoms with Crippen molar-refractivity contribution in [2.45, 2.75) is 20.0 Å². The number of carbonyl (C=O) groups excluding carboxylic acids is 3. The molecule has 2 aromatic carbocycles. The number of benzene rings is 2. The highest BCUT2D eigenvalue weighted by atomic mass is 32.1. The van der Waals surface area contributed by atoms with Crippen LogP contribution in [0.3, 0.4) is 0 Å². The van der Waals surface area contributed by atoms with Gasteiger partial charge in [0.25, 0.3) is 11.8 Å². The lowest BCUT2D eigenvalue weighted by Crippen LogP contribution is -2.32. The van der Waals surface area contributed by atoms with Crippen molar-refractivity contribution in [3.63, 3.8) is 0 Å². The minimum absolute atomic E-state index is 0.0177. The maximum atomic E-state index is 12.4. The van der Waals surface area contributed by atoms with Gasteiger partial charge in [-0.1, -0.05) is 17.2 Å². The number of hydrogen-bond donors (Lipinski definition) is 0. The van der Waals surface area contributed by atoms with Crippen molar-refractivity contribution in [3.8, 4) is 16.3 Å². The van der Waals surface area contributed by atoms with Crippen LogP contribution in [0, 0.1) is 0 Å². The molecule has 0 fully saturated rings. The Morgan fingerprint density at radius 3 is 2.21 bits per heavy atom. The van der Waals surface area contributed by atoms with Crippen LogP contribution in [0.4, 0.5) is 0 Å². The highest BCUT2D eigenvalue weighted by Gasteiger charge is 2.39. The van der Waals surface area contributed by atoms with E-state index < -0.39 is 17.8 Å². The van der Waals surface area contributed by atoms with Crippen molar-refractivity contribution in [3.05, 3.63) is 70.7 Å². The standard InChI is InChI=1S/C21H16N2O5S/c1-12(2)27-14-9-7-13(8-10-14)18-22-17(11-29-18)21(26)28-23-19(24)15-5-3-4-6-16(15)20(23)25/h3-12H,1-2H3. The van der Waals surface area contributed by atoms with Gasteiger partial charge in [0.05, 0.1) is 17.2 Å². The number of carbonyl (C=O) groups is 3. The topological polar surface area (TPSA) is 85.8 Å². The first-order valence-corrected chi connectivity index (χ1v) is 9.74. The third-order valence-corrected chi connectivity index (χ3v) is 5.01. The Morgan fingerprint density at radius 2 is 1.62 bits per heavy atom. The average molecular weight is 408 g/mol. The number of imide groups is 1. The predicted octanol–water partition coefficient (Wildman–Crippen LogP) is 3.97. The number of rotatable bonds is 5. The van der Waals surface area contributed by atoms with Crippen LogP contribution in [0.2, 0.25) is 0 Å². The molecule has 3 aromatic rings. The van der Waals surface area contributed by atoms with Crippen molar-refractivity contribution in [1.29, 1.82) is 0 Å². The minimum atomic E-state index is -0.873. The molecule has 1 aliphatic heterocycles. The molecule has 0 saturated carbocycles. The second kappa shape index (κ2) is 7.48. The summed E-state index contributed by atoms with van der Waals surface area (Å²) < 4.78 is 5.61. The number of hydroxylamine groups is 2. The van der Waals surface area contributed by atoms with Gasteiger partial charge in [0.1, 0.15) is 10.8 Å². The fourth-order valence-corrected chi connectivity index (χ4v) is 3.62. The normalized spacial score (nSPS) is 13.0. The summed E-state index contributed by atoms with van der Waals surface area (Å²) in [7, 11) is 0. The van der Waals surface area contributed by atoms with Crippen molar-refractivity contribution >= 4 is 29.1 Å². The summed E-state index contributed by atoms with van der Waals surface area (Å²) in [6.45, 7) is 3.89. The Balaban J connectivity index is 1.48. The van der Waals surface area contributed by atoms with Gasteiger partial charge in [-0.15, -0.1) is 11.3 Å². The van der Waals surface area contributed by atoms with E-state index in [1.807, 2.05) is 38.1 Å². The van der Waals surface area contributed by atoms with E-state index in [0.29, 0.717) is 10.1 Å². The van der Waals surface area contributed by atoms with Crippen molar-refractivity contribution < 1.29 is 24.0 Å². The summed E-state index contributed by atoms with van der Waals surface area (Å²) in [6.07, 6.45) is 0.0734. The summed E-state index contributed by atoms with van der Waals surface area (Å²) in [6, 6.07) is 13.6. The van der Waals surface area contributed by atoms with Gasteiger partial charge in [0.2, 0.25) is 0 Å². The summed E-state index contributed by atoms with van der Waals surface area (Å²) in [5.74, 6) is -1.47. The fourth-order valence-electron chi connectivity index (χ4n) is 2.83. The van der Waals surface area contributed by atoms with Gasteiger partial charge in [-0.3, -0.25) is 9.59 Å². The van der Waals surface area contributed by atoms with E-state index in [2.05, 4.69) is 4.98 Å². The Morgan fingerprint density at radius 1 is 1.00 bits per heavy atom. The largest absolute Gasteiger partial charge is 0.491 e. The van der Waals surface area contributed by atoms with Gasteiger partial charge >= 0.3 is 5.97 Å². The molecular weight excluding hydrogens is 392 g/mol. The minimum Gasteiger partial charge on any atom is -0.491 e. The van der Waals surface area contributed by atoms with Crippen molar-refractivity contribution in [2.24, 2.45) is 0 Å². The van der Waals surface area contributed by atoms with Gasteiger partial charge < -0.3 is 9.57 Å². The van der Waals surface area contributed by atoms with Gasteiger partial charge in [-0.05, 0) is 50.2 Å². The predicted molar refractivity (Wildman–Crippen MR) is 106 cm³/mol. The maximum Gasteiger partial charge on any atom is 0.383 e. The van der Waals surface area contributed by atoms with Crippen LogP contribution in [0.5, 0.6) is 5.75 Å². The quantitative estimate of drug-likeness (QED) is 0.594. The second-order valence-corrected chi connectivity index (χ2v) is 7.42. The number of amides is 2. The summed E-state index contributed by atoms with van der Waals surface area (Å²) in [5, 5.41) is 2.61. The van der Waals surface area contributed by atoms with Gasteiger partial charge in [-0.25, -0.2) is 9.78 Å². The lowest BCUT2D eigenvalue weighted by Gasteiger charge is -2.11. The SMILES string of the molecule is CC(C)Oc1ccc(-c2nc(C(=O)ON3C(=O)c4ccccc4C3=O)cs2)cc1. The van der Waals surface area contributed by atoms with Crippen LogP contribution < -0.4 is 4.74 Å². The molecule has 8 heteroatoms. The zero-order valence-corrected chi connectivity index (χ0v) is 16.4. The summed E-state index contributed by atoms with van der Waals surface area (Å²) in [4.78, 5) is 46.3. The Bertz CT molecular complexity index is 1070. The van der Waals surface area contributed by atoms with E-state index in [9.17, 15) is 14.4 Å². The number of fused-ring (bicyclic) bond motifs is 1. The van der Waals surface area contributed by atoms with E-state index in [0.717, 1.165) is 11.3 Å². The monoisotopic (exact) mass is 408 g/mol. The van der Waals surface area contributed by atoms with Crippen LogP contribution in [-0.2, 0) is 4.84 Å². The van der Waals surface area contributed by atoms with E-state index in [-0.39, 0.29) is 22.9 Å². The van der Waals surface area contributed by atoms with Crippen molar-refractivity contribution in [2.75, 3.05) is 0 Å². The molecule has 29 heavy (non-hydrogen) atoms. The average Bonchev–Trinajstić information content (AvgIpc) is 3.29. The molecule has 4 rings (SSSR count). The van der Waals surface area contributed by atoms with E-state index in [1.54, 1.807) is 12.1 Å². The maximum absolute atomic E-state index is 12.4. The van der Waals surface area contributed by atoms with E-state index in [4.69, 9.17) is 9.57 Å². The molecular formula is C21H16N2O5S. The van der Waals surface area contributed by atoms with Crippen LogP contribution in [0.15, 0.2) is 53.9 Å². The first kappa shape index (κ1) is 18.8. The molecule has 0 N–H and O–H groups in total. The molecule has 0 spiro atoms. The first-order valence-electron chi connectivity index (χ1n) is 8.87. The van der Waals surface area contributed by atoms with Crippen LogP contribution >= 0.6 is 11.3 Å². The lowest BCUT2D eigenvalue weighted by atomic mass is 10.1. The third-order valence-electron chi connectivity index (χ3n) is 4.12. The van der Waals surface area contributed by atoms with Gasteiger partial charge in [-0.2, -0.15) is 0 Å². The number of thiazole rings is 1. The van der Waals surface area contributed by atoms with Crippen LogP contribution in [0.25, 0.3) is 10.6 Å². The zero-order chi connectivity index (χ0) is 20.5. The molecule has 0 radical (unpaired) electrons. The number of hydrogen-bond acceptors (Lipinski definition) is 7. The number of ether oxygens (including phenoxy) is 1. The Labute approximate surface area is 170 Å². The zero-order valence-electron chi connectivity index (χ0n) is 15.6. The highest BCUT2D eigenvalue weighted by Crippen LogP contribution is 2.27. The van der Waals surface area contributed by atoms with Gasteiger partial charge in [0, 0.05) is 10.9 Å². The van der Waals surface area contributed by atoms with E-state index >= 15 is 0 Å². The summed E-state index contributed by atoms with van der Waals surface area (Å²) >= 11 is 1.26. The highest BCUT2D eigenvalue weighted by molar-refractivity contribution is 7.13. The van der Waals surface area contributed by atoms with Crippen LogP contribution in [0.1, 0.15) is 45.1 Å². The van der Waals surface area contributed by atoms with E-state index in [1.165, 1.54) is 28.8 Å². The Hall–Kier alpha value is -3.52. The molecule has 0 saturated heterocycles. The molecule has 1 aromatic heterocycles. The van der Waals surface area contributed by atoms with Crippen molar-refractivity contribution in [1.82, 2.24) is 10.0 Å². The molecule has 2 amide bonds. The van der Waals surface area contributed by atoms with Gasteiger partial charge in [0.15, 0.2) is 5.69 Å². The molecule has 0 bridgehead atoms.